The van der Waals surface area contributed by atoms with E-state index in [4.69, 9.17) is 0 Å². The molecule has 29 heavy (non-hydrogen) atoms. The fourth-order valence-electron chi connectivity index (χ4n) is 3.01. The van der Waals surface area contributed by atoms with Gasteiger partial charge in [0.25, 0.3) is 0 Å². The van der Waals surface area contributed by atoms with Crippen LogP contribution in [0.15, 0.2) is 48.5 Å². The van der Waals surface area contributed by atoms with Crippen LogP contribution in [-0.4, -0.2) is 37.3 Å². The summed E-state index contributed by atoms with van der Waals surface area (Å²) in [5.74, 6) is -2.14. The van der Waals surface area contributed by atoms with E-state index in [1.807, 2.05) is 0 Å². The Morgan fingerprint density at radius 2 is 1.62 bits per heavy atom. The number of ether oxygens (including phenoxy) is 1. The minimum atomic E-state index is -0.852. The molecule has 1 aliphatic rings. The lowest BCUT2D eigenvalue weighted by atomic mass is 10.1. The van der Waals surface area contributed by atoms with E-state index in [0.717, 1.165) is 12.8 Å². The molecular weight excluding hydrogens is 374 g/mol. The van der Waals surface area contributed by atoms with E-state index in [1.165, 1.54) is 31.4 Å². The van der Waals surface area contributed by atoms with Crippen molar-refractivity contribution in [3.63, 3.8) is 0 Å². The van der Waals surface area contributed by atoms with Crippen LogP contribution in [0.2, 0.25) is 0 Å². The van der Waals surface area contributed by atoms with Gasteiger partial charge in [-0.2, -0.15) is 0 Å². The Morgan fingerprint density at radius 3 is 2.28 bits per heavy atom. The normalized spacial score (nSPS) is 13.6. The Hall–Kier alpha value is -3.68. The third-order valence-electron chi connectivity index (χ3n) is 4.51. The Bertz CT molecular complexity index is 940. The van der Waals surface area contributed by atoms with Crippen molar-refractivity contribution < 1.29 is 23.9 Å². The van der Waals surface area contributed by atoms with Crippen molar-refractivity contribution in [2.45, 2.75) is 19.3 Å². The quantitative estimate of drug-likeness (QED) is 0.612. The lowest BCUT2D eigenvalue weighted by molar-refractivity contribution is -0.132. The minimum Gasteiger partial charge on any atom is -0.465 e. The molecule has 1 fully saturated rings. The number of anilines is 3. The van der Waals surface area contributed by atoms with Crippen molar-refractivity contribution in [3.05, 3.63) is 54.1 Å². The van der Waals surface area contributed by atoms with Crippen LogP contribution in [0.5, 0.6) is 0 Å². The van der Waals surface area contributed by atoms with Gasteiger partial charge >= 0.3 is 17.8 Å². The number of hydrogen-bond acceptors (Lipinski definition) is 5. The van der Waals surface area contributed by atoms with Gasteiger partial charge in [-0.15, -0.1) is 0 Å². The first-order valence-corrected chi connectivity index (χ1v) is 9.19. The molecule has 0 radical (unpaired) electrons. The van der Waals surface area contributed by atoms with Gasteiger partial charge in [0.1, 0.15) is 0 Å². The average Bonchev–Trinajstić information content (AvgIpc) is 2.74. The summed E-state index contributed by atoms with van der Waals surface area (Å²) < 4.78 is 4.61. The van der Waals surface area contributed by atoms with Crippen molar-refractivity contribution in [2.75, 3.05) is 29.2 Å². The fourth-order valence-corrected chi connectivity index (χ4v) is 3.01. The summed E-state index contributed by atoms with van der Waals surface area (Å²) in [6.07, 6.45) is 2.32. The van der Waals surface area contributed by atoms with Gasteiger partial charge in [-0.25, -0.2) is 4.79 Å². The first-order valence-electron chi connectivity index (χ1n) is 9.19. The smallest absolute Gasteiger partial charge is 0.337 e. The number of nitrogens with zero attached hydrogens (tertiary/aromatic N) is 1. The van der Waals surface area contributed by atoms with E-state index in [2.05, 4.69) is 15.4 Å². The second-order valence-electron chi connectivity index (χ2n) is 6.53. The molecule has 0 spiro atoms. The van der Waals surface area contributed by atoms with Crippen LogP contribution in [0, 0.1) is 0 Å². The number of methoxy groups -OCH3 is 1. The molecular formula is C21H21N3O5. The second kappa shape index (κ2) is 9.01. The molecule has 1 aliphatic heterocycles. The van der Waals surface area contributed by atoms with Gasteiger partial charge in [-0.05, 0) is 55.3 Å². The zero-order chi connectivity index (χ0) is 20.8. The zero-order valence-electron chi connectivity index (χ0n) is 15.9. The first-order chi connectivity index (χ1) is 14.0. The minimum absolute atomic E-state index is 0.0490. The standard InChI is InChI=1S/C21H21N3O5/c1-29-21(28)14-8-10-15(11-9-14)22-19(26)20(27)23-16-5-4-6-17(13-16)24-12-3-2-7-18(24)25/h4-6,8-11,13H,2-3,7,12H2,1H3,(H,22,26)(H,23,27). The summed E-state index contributed by atoms with van der Waals surface area (Å²) in [4.78, 5) is 49.5. The van der Waals surface area contributed by atoms with E-state index < -0.39 is 17.8 Å². The topological polar surface area (TPSA) is 105 Å². The van der Waals surface area contributed by atoms with E-state index in [1.54, 1.807) is 29.2 Å². The molecule has 0 aliphatic carbocycles. The number of benzene rings is 2. The number of piperidine rings is 1. The molecule has 0 bridgehead atoms. The van der Waals surface area contributed by atoms with E-state index in [9.17, 15) is 19.2 Å². The fraction of sp³-hybridized carbons (Fsp3) is 0.238. The first kappa shape index (κ1) is 20.1. The molecule has 0 aromatic heterocycles. The molecule has 150 valence electrons. The molecule has 8 nitrogen and oxygen atoms in total. The van der Waals surface area contributed by atoms with Crippen molar-refractivity contribution in [2.24, 2.45) is 0 Å². The van der Waals surface area contributed by atoms with Crippen molar-refractivity contribution in [1.82, 2.24) is 0 Å². The Morgan fingerprint density at radius 1 is 0.931 bits per heavy atom. The van der Waals surface area contributed by atoms with E-state index in [0.29, 0.717) is 35.6 Å². The average molecular weight is 395 g/mol. The predicted molar refractivity (Wildman–Crippen MR) is 108 cm³/mol. The number of rotatable bonds is 4. The summed E-state index contributed by atoms with van der Waals surface area (Å²) in [6.45, 7) is 0.637. The van der Waals surface area contributed by atoms with Crippen LogP contribution in [0.25, 0.3) is 0 Å². The highest BCUT2D eigenvalue weighted by Crippen LogP contribution is 2.24. The largest absolute Gasteiger partial charge is 0.465 e. The van der Waals surface area contributed by atoms with E-state index in [-0.39, 0.29) is 5.91 Å². The highest BCUT2D eigenvalue weighted by atomic mass is 16.5. The van der Waals surface area contributed by atoms with Crippen LogP contribution in [0.4, 0.5) is 17.1 Å². The monoisotopic (exact) mass is 395 g/mol. The SMILES string of the molecule is COC(=O)c1ccc(NC(=O)C(=O)Nc2cccc(N3CCCCC3=O)c2)cc1. The molecule has 1 saturated heterocycles. The molecule has 0 unspecified atom stereocenters. The molecule has 2 aromatic rings. The van der Waals surface area contributed by atoms with Gasteiger partial charge in [0, 0.05) is 30.0 Å². The summed E-state index contributed by atoms with van der Waals surface area (Å²) in [5.41, 5.74) is 1.80. The maximum Gasteiger partial charge on any atom is 0.337 e. The third kappa shape index (κ3) is 4.98. The lowest BCUT2D eigenvalue weighted by Crippen LogP contribution is -2.35. The Labute approximate surface area is 167 Å². The molecule has 3 rings (SSSR count). The number of carbonyl (C=O) groups excluding carboxylic acids is 4. The third-order valence-corrected chi connectivity index (χ3v) is 4.51. The molecule has 2 N–H and O–H groups in total. The van der Waals surface area contributed by atoms with Crippen LogP contribution in [0.3, 0.4) is 0 Å². The van der Waals surface area contributed by atoms with Gasteiger partial charge in [-0.3, -0.25) is 14.4 Å². The maximum atomic E-state index is 12.2. The summed E-state index contributed by atoms with van der Waals surface area (Å²) >= 11 is 0. The molecule has 2 aromatic carbocycles. The molecule has 3 amide bonds. The van der Waals surface area contributed by atoms with Gasteiger partial charge < -0.3 is 20.3 Å². The predicted octanol–water partition coefficient (Wildman–Crippen LogP) is 2.57. The Balaban J connectivity index is 1.62. The molecule has 1 heterocycles. The van der Waals surface area contributed by atoms with Crippen molar-refractivity contribution in [1.29, 1.82) is 0 Å². The molecule has 0 atom stereocenters. The Kier molecular flexibility index (Phi) is 6.23. The van der Waals surface area contributed by atoms with Gasteiger partial charge in [0.15, 0.2) is 0 Å². The number of hydrogen-bond donors (Lipinski definition) is 2. The maximum absolute atomic E-state index is 12.2. The molecule has 8 heteroatoms. The summed E-state index contributed by atoms with van der Waals surface area (Å²) in [5, 5.41) is 5.00. The van der Waals surface area contributed by atoms with Crippen LogP contribution < -0.4 is 15.5 Å². The molecule has 0 saturated carbocycles. The number of amides is 3. The lowest BCUT2D eigenvalue weighted by Gasteiger charge is -2.27. The van der Waals surface area contributed by atoms with Crippen molar-refractivity contribution >= 4 is 40.8 Å². The summed E-state index contributed by atoms with van der Waals surface area (Å²) in [7, 11) is 1.28. The number of esters is 1. The van der Waals surface area contributed by atoms with Gasteiger partial charge in [0.2, 0.25) is 5.91 Å². The van der Waals surface area contributed by atoms with Gasteiger partial charge in [0.05, 0.1) is 12.7 Å². The zero-order valence-corrected chi connectivity index (χ0v) is 15.9. The van der Waals surface area contributed by atoms with Crippen LogP contribution in [-0.2, 0) is 19.1 Å². The highest BCUT2D eigenvalue weighted by Gasteiger charge is 2.20. The van der Waals surface area contributed by atoms with Crippen LogP contribution in [0.1, 0.15) is 29.6 Å². The van der Waals surface area contributed by atoms with Gasteiger partial charge in [-0.1, -0.05) is 6.07 Å². The second-order valence-corrected chi connectivity index (χ2v) is 6.53. The summed E-state index contributed by atoms with van der Waals surface area (Å²) in [6, 6.07) is 12.8. The van der Waals surface area contributed by atoms with Crippen LogP contribution >= 0.6 is 0 Å². The number of carbonyl (C=O) groups is 4. The van der Waals surface area contributed by atoms with E-state index >= 15 is 0 Å². The number of nitrogens with one attached hydrogen (secondary N) is 2. The van der Waals surface area contributed by atoms with Crippen molar-refractivity contribution in [3.8, 4) is 0 Å². The highest BCUT2D eigenvalue weighted by molar-refractivity contribution is 6.43.